The minimum absolute atomic E-state index is 0.341. The summed E-state index contributed by atoms with van der Waals surface area (Å²) in [5.74, 6) is 2.04. The van der Waals surface area contributed by atoms with Crippen LogP contribution in [-0.4, -0.2) is 40.4 Å². The lowest BCUT2D eigenvalue weighted by Gasteiger charge is -2.14. The monoisotopic (exact) mass is 423 g/mol. The highest BCUT2D eigenvalue weighted by Gasteiger charge is 2.13. The van der Waals surface area contributed by atoms with Gasteiger partial charge in [-0.1, -0.05) is 17.7 Å². The van der Waals surface area contributed by atoms with Gasteiger partial charge in [0.2, 0.25) is 5.75 Å². The Balaban J connectivity index is 2.06. The van der Waals surface area contributed by atoms with E-state index in [2.05, 4.69) is 15.6 Å². The van der Waals surface area contributed by atoms with Crippen molar-refractivity contribution in [1.82, 2.24) is 10.6 Å². The Hall–Kier alpha value is -2.67. The van der Waals surface area contributed by atoms with Gasteiger partial charge in [-0.3, -0.25) is 0 Å². The molecule has 2 rings (SSSR count). The van der Waals surface area contributed by atoms with Crippen LogP contribution in [-0.2, 0) is 13.0 Å². The molecule has 0 radical (unpaired) electrons. The SMILES string of the molecule is CCNC(=NCc1cc(OC)c(OC)c(OC)c1)NCCc1ccc(F)cc1Cl. The predicted molar refractivity (Wildman–Crippen MR) is 114 cm³/mol. The number of methoxy groups -OCH3 is 3. The van der Waals surface area contributed by atoms with Gasteiger partial charge in [0, 0.05) is 18.1 Å². The lowest BCUT2D eigenvalue weighted by molar-refractivity contribution is 0.324. The van der Waals surface area contributed by atoms with Crippen molar-refractivity contribution in [2.75, 3.05) is 34.4 Å². The van der Waals surface area contributed by atoms with Crippen LogP contribution in [0.4, 0.5) is 4.39 Å². The van der Waals surface area contributed by atoms with Crippen LogP contribution >= 0.6 is 11.6 Å². The summed E-state index contributed by atoms with van der Waals surface area (Å²) in [7, 11) is 4.73. The van der Waals surface area contributed by atoms with E-state index in [4.69, 9.17) is 25.8 Å². The fraction of sp³-hybridized carbons (Fsp3) is 0.381. The first-order chi connectivity index (χ1) is 14.0. The van der Waals surface area contributed by atoms with E-state index in [0.717, 1.165) is 17.7 Å². The van der Waals surface area contributed by atoms with E-state index in [1.165, 1.54) is 12.1 Å². The number of aliphatic imine (C=N–C) groups is 1. The number of nitrogens with one attached hydrogen (secondary N) is 2. The molecule has 6 nitrogen and oxygen atoms in total. The van der Waals surface area contributed by atoms with Crippen LogP contribution in [0.25, 0.3) is 0 Å². The summed E-state index contributed by atoms with van der Waals surface area (Å²) in [6.07, 6.45) is 0.647. The topological polar surface area (TPSA) is 64.1 Å². The molecule has 0 aliphatic carbocycles. The van der Waals surface area contributed by atoms with E-state index < -0.39 is 0 Å². The van der Waals surface area contributed by atoms with Gasteiger partial charge in [0.05, 0.1) is 27.9 Å². The van der Waals surface area contributed by atoms with Crippen molar-refractivity contribution >= 4 is 17.6 Å². The van der Waals surface area contributed by atoms with Gasteiger partial charge in [0.1, 0.15) is 5.82 Å². The molecule has 2 N–H and O–H groups in total. The lowest BCUT2D eigenvalue weighted by atomic mass is 10.1. The summed E-state index contributed by atoms with van der Waals surface area (Å²) in [4.78, 5) is 4.61. The van der Waals surface area contributed by atoms with Crippen LogP contribution in [0.2, 0.25) is 5.02 Å². The molecule has 0 atom stereocenters. The fourth-order valence-corrected chi connectivity index (χ4v) is 3.04. The van der Waals surface area contributed by atoms with E-state index in [9.17, 15) is 4.39 Å². The second-order valence-corrected chi connectivity index (χ2v) is 6.55. The van der Waals surface area contributed by atoms with Crippen LogP contribution in [0, 0.1) is 5.82 Å². The number of hydrogen-bond acceptors (Lipinski definition) is 4. The second kappa shape index (κ2) is 11.4. The van der Waals surface area contributed by atoms with Crippen LogP contribution in [0.3, 0.4) is 0 Å². The van der Waals surface area contributed by atoms with Crippen molar-refractivity contribution < 1.29 is 18.6 Å². The summed E-state index contributed by atoms with van der Waals surface area (Å²) >= 11 is 6.08. The van der Waals surface area contributed by atoms with Crippen LogP contribution in [0.5, 0.6) is 17.2 Å². The predicted octanol–water partition coefficient (Wildman–Crippen LogP) is 3.80. The van der Waals surface area contributed by atoms with Crippen LogP contribution in [0.1, 0.15) is 18.1 Å². The maximum atomic E-state index is 13.2. The Morgan fingerprint density at radius 3 is 2.28 bits per heavy atom. The molecule has 2 aromatic carbocycles. The number of benzene rings is 2. The third-order valence-electron chi connectivity index (χ3n) is 4.19. The van der Waals surface area contributed by atoms with E-state index in [1.807, 2.05) is 19.1 Å². The highest BCUT2D eigenvalue weighted by Crippen LogP contribution is 2.38. The molecule has 29 heavy (non-hydrogen) atoms. The molecule has 0 unspecified atom stereocenters. The largest absolute Gasteiger partial charge is 0.493 e. The van der Waals surface area contributed by atoms with E-state index in [-0.39, 0.29) is 5.82 Å². The number of nitrogens with zero attached hydrogens (tertiary/aromatic N) is 1. The summed E-state index contributed by atoms with van der Waals surface area (Å²) in [5.41, 5.74) is 1.79. The number of rotatable bonds is 9. The Morgan fingerprint density at radius 1 is 1.03 bits per heavy atom. The molecule has 0 spiro atoms. The van der Waals surface area contributed by atoms with Crippen LogP contribution in [0.15, 0.2) is 35.3 Å². The maximum absolute atomic E-state index is 13.2. The first-order valence-electron chi connectivity index (χ1n) is 9.27. The van der Waals surface area contributed by atoms with Gasteiger partial charge in [-0.2, -0.15) is 0 Å². The Morgan fingerprint density at radius 2 is 1.72 bits per heavy atom. The number of hydrogen-bond donors (Lipinski definition) is 2. The zero-order valence-corrected chi connectivity index (χ0v) is 17.9. The molecule has 158 valence electrons. The maximum Gasteiger partial charge on any atom is 0.203 e. The fourth-order valence-electron chi connectivity index (χ4n) is 2.78. The first-order valence-corrected chi connectivity index (χ1v) is 9.65. The van der Waals surface area contributed by atoms with Gasteiger partial charge in [-0.25, -0.2) is 9.38 Å². The summed E-state index contributed by atoms with van der Waals surface area (Å²) in [6, 6.07) is 8.16. The highest BCUT2D eigenvalue weighted by molar-refractivity contribution is 6.31. The molecule has 0 saturated carbocycles. The molecule has 0 fully saturated rings. The molecular formula is C21H27ClFN3O3. The van der Waals surface area contributed by atoms with Gasteiger partial charge >= 0.3 is 0 Å². The van der Waals surface area contributed by atoms with Crippen LogP contribution < -0.4 is 24.8 Å². The summed E-state index contributed by atoms with van der Waals surface area (Å²) < 4.78 is 29.3. The standard InChI is InChI=1S/C21H27ClFN3O3/c1-5-24-21(25-9-8-15-6-7-16(23)12-17(15)22)26-13-14-10-18(27-2)20(29-4)19(11-14)28-3/h6-7,10-12H,5,8-9,13H2,1-4H3,(H2,24,25,26). The van der Waals surface area contributed by atoms with E-state index >= 15 is 0 Å². The van der Waals surface area contributed by atoms with Crippen molar-refractivity contribution in [2.24, 2.45) is 4.99 Å². The van der Waals surface area contributed by atoms with Crippen molar-refractivity contribution in [2.45, 2.75) is 19.9 Å². The smallest absolute Gasteiger partial charge is 0.203 e. The van der Waals surface area contributed by atoms with E-state index in [1.54, 1.807) is 27.4 Å². The summed E-state index contributed by atoms with van der Waals surface area (Å²) in [6.45, 7) is 3.74. The molecule has 2 aromatic rings. The number of ether oxygens (including phenoxy) is 3. The zero-order chi connectivity index (χ0) is 21.2. The number of guanidine groups is 1. The zero-order valence-electron chi connectivity index (χ0n) is 17.1. The van der Waals surface area contributed by atoms with Crippen molar-refractivity contribution in [3.8, 4) is 17.2 Å². The summed E-state index contributed by atoms with van der Waals surface area (Å²) in [5, 5.41) is 6.88. The molecule has 0 aromatic heterocycles. The molecule has 0 bridgehead atoms. The second-order valence-electron chi connectivity index (χ2n) is 6.14. The Labute approximate surface area is 176 Å². The quantitative estimate of drug-likeness (QED) is 0.474. The highest BCUT2D eigenvalue weighted by atomic mass is 35.5. The van der Waals surface area contributed by atoms with Crippen molar-refractivity contribution in [1.29, 1.82) is 0 Å². The van der Waals surface area contributed by atoms with Gasteiger partial charge in [0.25, 0.3) is 0 Å². The van der Waals surface area contributed by atoms with Gasteiger partial charge < -0.3 is 24.8 Å². The van der Waals surface area contributed by atoms with Gasteiger partial charge in [-0.05, 0) is 48.7 Å². The van der Waals surface area contributed by atoms with Crippen molar-refractivity contribution in [3.63, 3.8) is 0 Å². The molecular weight excluding hydrogens is 397 g/mol. The van der Waals surface area contributed by atoms with E-state index in [0.29, 0.717) is 47.7 Å². The Kier molecular flexibility index (Phi) is 8.86. The average molecular weight is 424 g/mol. The third kappa shape index (κ3) is 6.42. The average Bonchev–Trinajstić information content (AvgIpc) is 2.72. The Bertz CT molecular complexity index is 821. The van der Waals surface area contributed by atoms with Gasteiger partial charge in [-0.15, -0.1) is 0 Å². The number of halogens is 2. The minimum atomic E-state index is -0.341. The third-order valence-corrected chi connectivity index (χ3v) is 4.54. The molecule has 8 heteroatoms. The van der Waals surface area contributed by atoms with Gasteiger partial charge in [0.15, 0.2) is 17.5 Å². The normalized spacial score (nSPS) is 11.2. The molecule has 0 saturated heterocycles. The lowest BCUT2D eigenvalue weighted by Crippen LogP contribution is -2.38. The minimum Gasteiger partial charge on any atom is -0.493 e. The molecule has 0 aliphatic heterocycles. The molecule has 0 aliphatic rings. The molecule has 0 amide bonds. The molecule has 0 heterocycles. The first kappa shape index (κ1) is 22.6. The van der Waals surface area contributed by atoms with Crippen molar-refractivity contribution in [3.05, 3.63) is 52.3 Å².